The molecule has 5 rings (SSSR count). The van der Waals surface area contributed by atoms with Gasteiger partial charge in [-0.05, 0) is 55.5 Å². The first-order valence-corrected chi connectivity index (χ1v) is 11.4. The highest BCUT2D eigenvalue weighted by Crippen LogP contribution is 2.42. The smallest absolute Gasteiger partial charge is 0.249 e. The highest BCUT2D eigenvalue weighted by atomic mass is 19.1. The van der Waals surface area contributed by atoms with E-state index in [1.54, 1.807) is 12.1 Å². The second-order valence-corrected chi connectivity index (χ2v) is 8.68. The number of hydrogen-bond donors (Lipinski definition) is 3. The van der Waals surface area contributed by atoms with E-state index in [4.69, 9.17) is 0 Å². The molecule has 6 heteroatoms. The number of aromatic nitrogens is 1. The van der Waals surface area contributed by atoms with E-state index in [-0.39, 0.29) is 17.5 Å². The van der Waals surface area contributed by atoms with Crippen LogP contribution in [0.4, 0.5) is 4.39 Å². The first kappa shape index (κ1) is 21.2. The summed E-state index contributed by atoms with van der Waals surface area (Å²) in [6.45, 7) is 2.33. The third kappa shape index (κ3) is 3.97. The number of allylic oxidation sites excluding steroid dienone is 3. The van der Waals surface area contributed by atoms with Gasteiger partial charge in [-0.1, -0.05) is 30.3 Å². The summed E-state index contributed by atoms with van der Waals surface area (Å²) in [5, 5.41) is 7.51. The van der Waals surface area contributed by atoms with Crippen LogP contribution in [-0.4, -0.2) is 23.2 Å². The third-order valence-electron chi connectivity index (χ3n) is 6.58. The van der Waals surface area contributed by atoms with Gasteiger partial charge >= 0.3 is 0 Å². The van der Waals surface area contributed by atoms with E-state index in [9.17, 15) is 14.0 Å². The fraction of sp³-hybridized carbons (Fsp3) is 0.259. The van der Waals surface area contributed by atoms with Crippen molar-refractivity contribution in [3.8, 4) is 0 Å². The number of Topliss-reactive ketones (excluding diaryl/α,β-unsaturated/α-hetero) is 1. The number of fused-ring (bicyclic) bond motifs is 1. The van der Waals surface area contributed by atoms with Gasteiger partial charge in [0.1, 0.15) is 5.82 Å². The second-order valence-electron chi connectivity index (χ2n) is 8.68. The number of hydrogen-bond acceptors (Lipinski definition) is 3. The topological polar surface area (TPSA) is 74.0 Å². The summed E-state index contributed by atoms with van der Waals surface area (Å²) < 4.78 is 13.6. The molecule has 1 unspecified atom stereocenters. The normalized spacial score (nSPS) is 18.4. The number of carbonyl (C=O) groups excluding carboxylic acids is 2. The Balaban J connectivity index is 1.41. The van der Waals surface area contributed by atoms with E-state index < -0.39 is 5.92 Å². The molecule has 1 atom stereocenters. The quantitative estimate of drug-likeness (QED) is 0.538. The van der Waals surface area contributed by atoms with Crippen LogP contribution < -0.4 is 10.6 Å². The standard InChI is InChI=1S/C27H26FN3O2/c1-16-24(27(33)29-14-13-18-15-30-21-6-3-2-5-20(18)21)25(17-9-11-19(28)12-10-17)26-22(31-16)7-4-8-23(26)32/h2-3,5-6,9-12,15,25,30-31H,4,7-8,13-14H2,1H3,(H,29,33). The summed E-state index contributed by atoms with van der Waals surface area (Å²) in [6, 6.07) is 14.2. The molecule has 3 aromatic rings. The Morgan fingerprint density at radius 2 is 1.91 bits per heavy atom. The Bertz CT molecular complexity index is 1300. The Morgan fingerprint density at radius 3 is 2.73 bits per heavy atom. The molecule has 1 aromatic heterocycles. The van der Waals surface area contributed by atoms with Gasteiger partial charge in [-0.2, -0.15) is 0 Å². The largest absolute Gasteiger partial charge is 0.362 e. The Hall–Kier alpha value is -3.67. The summed E-state index contributed by atoms with van der Waals surface area (Å²) in [6.07, 6.45) is 4.69. The molecule has 1 amide bonds. The molecule has 2 aromatic carbocycles. The summed E-state index contributed by atoms with van der Waals surface area (Å²) in [5.74, 6) is -1.00. The second kappa shape index (κ2) is 8.70. The lowest BCUT2D eigenvalue weighted by Crippen LogP contribution is -2.38. The molecule has 0 fully saturated rings. The molecular weight excluding hydrogens is 417 g/mol. The highest BCUT2D eigenvalue weighted by molar-refractivity contribution is 6.05. The molecule has 0 spiro atoms. The van der Waals surface area contributed by atoms with Gasteiger partial charge in [-0.25, -0.2) is 4.39 Å². The van der Waals surface area contributed by atoms with E-state index in [2.05, 4.69) is 21.7 Å². The number of aromatic amines is 1. The van der Waals surface area contributed by atoms with Gasteiger partial charge in [0.25, 0.3) is 0 Å². The molecule has 3 N–H and O–H groups in total. The van der Waals surface area contributed by atoms with Gasteiger partial charge in [0.2, 0.25) is 5.91 Å². The van der Waals surface area contributed by atoms with E-state index in [0.717, 1.165) is 46.3 Å². The zero-order valence-corrected chi connectivity index (χ0v) is 18.5. The average Bonchev–Trinajstić information content (AvgIpc) is 3.22. The van der Waals surface area contributed by atoms with E-state index in [1.165, 1.54) is 12.1 Å². The summed E-state index contributed by atoms with van der Waals surface area (Å²) >= 11 is 0. The van der Waals surface area contributed by atoms with Gasteiger partial charge in [0.05, 0.1) is 0 Å². The molecule has 2 heterocycles. The van der Waals surface area contributed by atoms with E-state index in [0.29, 0.717) is 30.5 Å². The van der Waals surface area contributed by atoms with Gasteiger partial charge in [-0.3, -0.25) is 9.59 Å². The molecule has 0 saturated carbocycles. The number of nitrogens with one attached hydrogen (secondary N) is 3. The molecule has 33 heavy (non-hydrogen) atoms. The number of H-pyrrole nitrogens is 1. The molecule has 2 aliphatic rings. The van der Waals surface area contributed by atoms with Crippen molar-refractivity contribution in [3.05, 3.63) is 94.2 Å². The molecule has 0 saturated heterocycles. The maximum absolute atomic E-state index is 13.6. The van der Waals surface area contributed by atoms with Crippen molar-refractivity contribution in [1.82, 2.24) is 15.6 Å². The fourth-order valence-electron chi connectivity index (χ4n) is 5.02. The van der Waals surface area contributed by atoms with E-state index in [1.807, 2.05) is 31.3 Å². The number of rotatable bonds is 5. The summed E-state index contributed by atoms with van der Waals surface area (Å²) in [5.41, 5.74) is 5.74. The lowest BCUT2D eigenvalue weighted by atomic mass is 9.75. The van der Waals surface area contributed by atoms with Crippen LogP contribution in [0, 0.1) is 5.82 Å². The molecular formula is C27H26FN3O2. The Labute approximate surface area is 191 Å². The average molecular weight is 444 g/mol. The van der Waals surface area contributed by atoms with Crippen LogP contribution in [0.15, 0.2) is 77.3 Å². The minimum atomic E-state index is -0.497. The Kier molecular flexibility index (Phi) is 5.58. The van der Waals surface area contributed by atoms with Crippen molar-refractivity contribution in [1.29, 1.82) is 0 Å². The predicted octanol–water partition coefficient (Wildman–Crippen LogP) is 4.63. The molecule has 0 radical (unpaired) electrons. The van der Waals surface area contributed by atoms with Crippen LogP contribution in [0.3, 0.4) is 0 Å². The van der Waals surface area contributed by atoms with Gasteiger partial charge in [-0.15, -0.1) is 0 Å². The minimum absolute atomic E-state index is 0.0506. The zero-order chi connectivity index (χ0) is 22.9. The fourth-order valence-corrected chi connectivity index (χ4v) is 5.02. The maximum atomic E-state index is 13.6. The van der Waals surface area contributed by atoms with Crippen LogP contribution in [-0.2, 0) is 16.0 Å². The molecule has 168 valence electrons. The predicted molar refractivity (Wildman–Crippen MR) is 126 cm³/mol. The number of dihydropyridines is 1. The first-order chi connectivity index (χ1) is 16.0. The molecule has 1 aliphatic heterocycles. The van der Waals surface area contributed by atoms with Crippen LogP contribution in [0.1, 0.15) is 43.2 Å². The zero-order valence-electron chi connectivity index (χ0n) is 18.5. The maximum Gasteiger partial charge on any atom is 0.249 e. The SMILES string of the molecule is CC1=C(C(=O)NCCc2c[nH]c3ccccc23)C(c2ccc(F)cc2)C2=C(CCCC2=O)N1. The third-order valence-corrected chi connectivity index (χ3v) is 6.58. The van der Waals surface area contributed by atoms with Crippen molar-refractivity contribution in [2.24, 2.45) is 0 Å². The van der Waals surface area contributed by atoms with Crippen molar-refractivity contribution in [3.63, 3.8) is 0 Å². The lowest BCUT2D eigenvalue weighted by Gasteiger charge is -2.34. The Morgan fingerprint density at radius 1 is 1.12 bits per heavy atom. The van der Waals surface area contributed by atoms with Crippen molar-refractivity contribution in [2.45, 2.75) is 38.5 Å². The van der Waals surface area contributed by atoms with Crippen LogP contribution in [0.5, 0.6) is 0 Å². The van der Waals surface area contributed by atoms with Crippen molar-refractivity contribution >= 4 is 22.6 Å². The highest BCUT2D eigenvalue weighted by Gasteiger charge is 2.38. The lowest BCUT2D eigenvalue weighted by molar-refractivity contribution is -0.117. The number of amides is 1. The monoisotopic (exact) mass is 443 g/mol. The van der Waals surface area contributed by atoms with E-state index >= 15 is 0 Å². The van der Waals surface area contributed by atoms with Crippen molar-refractivity contribution < 1.29 is 14.0 Å². The number of ketones is 1. The number of carbonyl (C=O) groups is 2. The number of benzene rings is 2. The van der Waals surface area contributed by atoms with Crippen LogP contribution >= 0.6 is 0 Å². The van der Waals surface area contributed by atoms with Crippen LogP contribution in [0.2, 0.25) is 0 Å². The first-order valence-electron chi connectivity index (χ1n) is 11.4. The van der Waals surface area contributed by atoms with Crippen molar-refractivity contribution in [2.75, 3.05) is 6.54 Å². The summed E-state index contributed by atoms with van der Waals surface area (Å²) in [4.78, 5) is 29.6. The van der Waals surface area contributed by atoms with Gasteiger partial charge < -0.3 is 15.6 Å². The number of para-hydroxylation sites is 1. The number of halogens is 1. The minimum Gasteiger partial charge on any atom is -0.362 e. The molecule has 1 aliphatic carbocycles. The van der Waals surface area contributed by atoms with Gasteiger partial charge in [0.15, 0.2) is 5.78 Å². The van der Waals surface area contributed by atoms with Gasteiger partial charge in [0, 0.05) is 58.5 Å². The molecule has 0 bridgehead atoms. The molecule has 5 nitrogen and oxygen atoms in total. The summed E-state index contributed by atoms with van der Waals surface area (Å²) in [7, 11) is 0. The van der Waals surface area contributed by atoms with Crippen LogP contribution in [0.25, 0.3) is 10.9 Å².